The van der Waals surface area contributed by atoms with Crippen molar-refractivity contribution in [3.05, 3.63) is 54.2 Å². The number of hydrogen-bond acceptors (Lipinski definition) is 6. The lowest BCUT2D eigenvalue weighted by Gasteiger charge is -2.32. The topological polar surface area (TPSA) is 92.8 Å². The minimum Gasteiger partial charge on any atom is -0.497 e. The maximum absolute atomic E-state index is 12.5. The average Bonchev–Trinajstić information content (AvgIpc) is 2.80. The van der Waals surface area contributed by atoms with E-state index < -0.39 is 0 Å². The second kappa shape index (κ2) is 11.0. The number of piperidine rings is 1. The predicted molar refractivity (Wildman–Crippen MR) is 120 cm³/mol. The van der Waals surface area contributed by atoms with Gasteiger partial charge in [0.15, 0.2) is 0 Å². The van der Waals surface area contributed by atoms with Gasteiger partial charge in [-0.2, -0.15) is 0 Å². The van der Waals surface area contributed by atoms with Crippen molar-refractivity contribution in [3.63, 3.8) is 0 Å². The molecule has 1 aromatic heterocycles. The van der Waals surface area contributed by atoms with E-state index in [1.165, 1.54) is 6.08 Å². The van der Waals surface area contributed by atoms with Gasteiger partial charge in [0.25, 0.3) is 0 Å². The number of amides is 2. The van der Waals surface area contributed by atoms with Crippen LogP contribution in [-0.4, -0.2) is 54.7 Å². The molecular weight excluding hydrogens is 396 g/mol. The number of aromatic nitrogens is 1. The van der Waals surface area contributed by atoms with E-state index in [1.54, 1.807) is 26.3 Å². The largest absolute Gasteiger partial charge is 0.497 e. The zero-order chi connectivity index (χ0) is 22.1. The first kappa shape index (κ1) is 22.1. The summed E-state index contributed by atoms with van der Waals surface area (Å²) in [6.45, 7) is 3.46. The highest BCUT2D eigenvalue weighted by Gasteiger charge is 2.23. The van der Waals surface area contributed by atoms with Crippen molar-refractivity contribution in [1.82, 2.24) is 9.88 Å². The van der Waals surface area contributed by atoms with Crippen molar-refractivity contribution >= 4 is 29.6 Å². The molecule has 0 saturated carbocycles. The standard InChI is InChI=1S/C23H28N4O4/c1-3-31-22(28)11-5-17-4-10-21(24-16-17)25-19-12-14-27(15-13-19)23(29)26-18-6-8-20(30-2)9-7-18/h4-11,16,19H,3,12-15H2,1-2H3,(H,24,25)(H,26,29)/b11-5+. The number of methoxy groups -OCH3 is 1. The molecule has 0 atom stereocenters. The highest BCUT2D eigenvalue weighted by atomic mass is 16.5. The number of nitrogens with one attached hydrogen (secondary N) is 2. The summed E-state index contributed by atoms with van der Waals surface area (Å²) in [5.74, 6) is 1.16. The molecule has 0 spiro atoms. The van der Waals surface area contributed by atoms with Gasteiger partial charge in [-0.1, -0.05) is 0 Å². The Bertz CT molecular complexity index is 889. The summed E-state index contributed by atoms with van der Waals surface area (Å²) in [5, 5.41) is 6.34. The molecule has 1 aliphatic rings. The third kappa shape index (κ3) is 6.74. The minimum atomic E-state index is -0.368. The quantitative estimate of drug-likeness (QED) is 0.519. The van der Waals surface area contributed by atoms with Crippen LogP contribution in [0, 0.1) is 0 Å². The minimum absolute atomic E-state index is 0.0977. The number of ether oxygens (including phenoxy) is 2. The molecule has 2 aromatic rings. The molecule has 0 bridgehead atoms. The van der Waals surface area contributed by atoms with Crippen LogP contribution in [0.5, 0.6) is 5.75 Å². The molecule has 1 saturated heterocycles. The second-order valence-corrected chi connectivity index (χ2v) is 7.13. The lowest BCUT2D eigenvalue weighted by molar-refractivity contribution is -0.137. The Hall–Kier alpha value is -3.55. The van der Waals surface area contributed by atoms with Gasteiger partial charge in [0.2, 0.25) is 0 Å². The van der Waals surface area contributed by atoms with Gasteiger partial charge in [-0.05, 0) is 67.8 Å². The van der Waals surface area contributed by atoms with Gasteiger partial charge in [-0.15, -0.1) is 0 Å². The molecule has 31 heavy (non-hydrogen) atoms. The number of urea groups is 1. The Balaban J connectivity index is 1.44. The number of likely N-dealkylation sites (tertiary alicyclic amines) is 1. The molecule has 8 heteroatoms. The molecule has 2 amide bonds. The SMILES string of the molecule is CCOC(=O)/C=C/c1ccc(NC2CCN(C(=O)Nc3ccc(OC)cc3)CC2)nc1. The number of pyridine rings is 1. The van der Waals surface area contributed by atoms with Crippen LogP contribution in [0.1, 0.15) is 25.3 Å². The molecule has 164 valence electrons. The highest BCUT2D eigenvalue weighted by molar-refractivity contribution is 5.89. The number of carbonyl (C=O) groups excluding carboxylic acids is 2. The van der Waals surface area contributed by atoms with E-state index in [1.807, 2.05) is 41.3 Å². The third-order valence-electron chi connectivity index (χ3n) is 4.96. The lowest BCUT2D eigenvalue weighted by Crippen LogP contribution is -2.44. The second-order valence-electron chi connectivity index (χ2n) is 7.13. The number of anilines is 2. The molecule has 1 fully saturated rings. The van der Waals surface area contributed by atoms with Crippen molar-refractivity contribution in [1.29, 1.82) is 0 Å². The maximum atomic E-state index is 12.5. The Morgan fingerprint density at radius 2 is 1.90 bits per heavy atom. The van der Waals surface area contributed by atoms with Gasteiger partial charge < -0.3 is 25.0 Å². The molecule has 2 N–H and O–H groups in total. The fourth-order valence-electron chi connectivity index (χ4n) is 3.26. The molecule has 0 radical (unpaired) electrons. The van der Waals surface area contributed by atoms with Gasteiger partial charge in [0.1, 0.15) is 11.6 Å². The summed E-state index contributed by atoms with van der Waals surface area (Å²) in [6.07, 6.45) is 6.44. The Kier molecular flexibility index (Phi) is 7.86. The molecule has 8 nitrogen and oxygen atoms in total. The van der Waals surface area contributed by atoms with Crippen LogP contribution in [0.3, 0.4) is 0 Å². The fraction of sp³-hybridized carbons (Fsp3) is 0.348. The number of esters is 1. The summed E-state index contributed by atoms with van der Waals surface area (Å²) in [4.78, 5) is 30.1. The molecule has 0 unspecified atom stereocenters. The van der Waals surface area contributed by atoms with Crippen LogP contribution in [-0.2, 0) is 9.53 Å². The van der Waals surface area contributed by atoms with E-state index in [2.05, 4.69) is 15.6 Å². The average molecular weight is 425 g/mol. The number of rotatable bonds is 7. The van der Waals surface area contributed by atoms with Gasteiger partial charge in [-0.25, -0.2) is 14.6 Å². The van der Waals surface area contributed by atoms with Crippen LogP contribution in [0.25, 0.3) is 6.08 Å². The van der Waals surface area contributed by atoms with Gasteiger partial charge >= 0.3 is 12.0 Å². The fourth-order valence-corrected chi connectivity index (χ4v) is 3.26. The normalized spacial score (nSPS) is 14.3. The number of carbonyl (C=O) groups is 2. The molecule has 0 aliphatic carbocycles. The van der Waals surface area contributed by atoms with Crippen LogP contribution >= 0.6 is 0 Å². The molecule has 2 heterocycles. The number of nitrogens with zero attached hydrogens (tertiary/aromatic N) is 2. The Morgan fingerprint density at radius 3 is 2.52 bits per heavy atom. The first-order chi connectivity index (χ1) is 15.1. The molecule has 1 aromatic carbocycles. The van der Waals surface area contributed by atoms with E-state index in [0.717, 1.165) is 35.7 Å². The maximum Gasteiger partial charge on any atom is 0.330 e. The summed E-state index contributed by atoms with van der Waals surface area (Å²) < 4.78 is 9.99. The molecule has 1 aliphatic heterocycles. The highest BCUT2D eigenvalue weighted by Crippen LogP contribution is 2.19. The zero-order valence-electron chi connectivity index (χ0n) is 17.8. The zero-order valence-corrected chi connectivity index (χ0v) is 17.8. The van der Waals surface area contributed by atoms with Crippen molar-refractivity contribution < 1.29 is 19.1 Å². The van der Waals surface area contributed by atoms with E-state index in [-0.39, 0.29) is 18.0 Å². The molecule has 3 rings (SSSR count). The Morgan fingerprint density at radius 1 is 1.16 bits per heavy atom. The first-order valence-corrected chi connectivity index (χ1v) is 10.3. The van der Waals surface area contributed by atoms with Gasteiger partial charge in [-0.3, -0.25) is 0 Å². The van der Waals surface area contributed by atoms with E-state index in [4.69, 9.17) is 9.47 Å². The third-order valence-corrected chi connectivity index (χ3v) is 4.96. The van der Waals surface area contributed by atoms with E-state index in [9.17, 15) is 9.59 Å². The summed E-state index contributed by atoms with van der Waals surface area (Å²) in [7, 11) is 1.61. The summed E-state index contributed by atoms with van der Waals surface area (Å²) in [6, 6.07) is 11.2. The van der Waals surface area contributed by atoms with Crippen LogP contribution < -0.4 is 15.4 Å². The van der Waals surface area contributed by atoms with Crippen molar-refractivity contribution in [2.45, 2.75) is 25.8 Å². The number of hydrogen-bond donors (Lipinski definition) is 2. The molecular formula is C23H28N4O4. The van der Waals surface area contributed by atoms with Crippen LogP contribution in [0.15, 0.2) is 48.7 Å². The lowest BCUT2D eigenvalue weighted by atomic mass is 10.1. The van der Waals surface area contributed by atoms with Crippen molar-refractivity contribution in [3.8, 4) is 5.75 Å². The summed E-state index contributed by atoms with van der Waals surface area (Å²) >= 11 is 0. The van der Waals surface area contributed by atoms with Crippen LogP contribution in [0.4, 0.5) is 16.3 Å². The van der Waals surface area contributed by atoms with Crippen molar-refractivity contribution in [2.75, 3.05) is 37.4 Å². The predicted octanol–water partition coefficient (Wildman–Crippen LogP) is 3.77. The first-order valence-electron chi connectivity index (χ1n) is 10.3. The van der Waals surface area contributed by atoms with Crippen molar-refractivity contribution in [2.24, 2.45) is 0 Å². The number of benzene rings is 1. The Labute approximate surface area is 182 Å². The van der Waals surface area contributed by atoms with E-state index in [0.29, 0.717) is 19.7 Å². The van der Waals surface area contributed by atoms with Crippen LogP contribution in [0.2, 0.25) is 0 Å². The van der Waals surface area contributed by atoms with Gasteiger partial charge in [0, 0.05) is 37.1 Å². The monoisotopic (exact) mass is 424 g/mol. The van der Waals surface area contributed by atoms with Gasteiger partial charge in [0.05, 0.1) is 13.7 Å². The smallest absolute Gasteiger partial charge is 0.330 e. The van der Waals surface area contributed by atoms with E-state index >= 15 is 0 Å². The summed E-state index contributed by atoms with van der Waals surface area (Å²) in [5.41, 5.74) is 1.57.